The van der Waals surface area contributed by atoms with Crippen LogP contribution in [0.2, 0.25) is 0 Å². The number of ketones is 1. The second-order valence-electron chi connectivity index (χ2n) is 3.95. The normalized spacial score (nSPS) is 9.61. The third-order valence-electron chi connectivity index (χ3n) is 2.70. The van der Waals surface area contributed by atoms with E-state index in [0.717, 1.165) is 11.1 Å². The summed E-state index contributed by atoms with van der Waals surface area (Å²) in [4.78, 5) is 14.3. The Morgan fingerprint density at radius 2 is 1.50 bits per heavy atom. The van der Waals surface area contributed by atoms with Crippen molar-refractivity contribution in [3.05, 3.63) is 65.7 Å². The summed E-state index contributed by atoms with van der Waals surface area (Å²) in [5.41, 5.74) is 11.7. The monoisotopic (exact) mass is 236 g/mol. The first-order valence-corrected chi connectivity index (χ1v) is 5.61. The molecule has 0 spiro atoms. The Bertz CT molecular complexity index is 609. The predicted molar refractivity (Wildman–Crippen MR) is 70.3 cm³/mol. The molecule has 0 aliphatic heterocycles. The maximum Gasteiger partial charge on any atom is 0.364 e. The smallest absolute Gasteiger partial charge is 0.361 e. The van der Waals surface area contributed by atoms with Crippen molar-refractivity contribution in [2.45, 2.75) is 6.92 Å². The molecule has 88 valence electrons. The van der Waals surface area contributed by atoms with Crippen LogP contribution in [0.5, 0.6) is 0 Å². The standard InChI is InChI=1S/C15H12N2O/c1-11(18)15(17-16)14-9-7-13(8-10-14)12-5-3-2-4-6-12/h2-10H,1H3. The quantitative estimate of drug-likeness (QED) is 0.459. The zero-order chi connectivity index (χ0) is 13.0. The molecule has 0 radical (unpaired) electrons. The molecule has 18 heavy (non-hydrogen) atoms. The van der Waals surface area contributed by atoms with Gasteiger partial charge in [-0.25, -0.2) is 0 Å². The Hall–Kier alpha value is -2.51. The first-order valence-electron chi connectivity index (χ1n) is 5.61. The zero-order valence-electron chi connectivity index (χ0n) is 10.00. The lowest BCUT2D eigenvalue weighted by molar-refractivity contribution is -0.115. The number of hydrogen-bond donors (Lipinski definition) is 0. The summed E-state index contributed by atoms with van der Waals surface area (Å²) in [5, 5.41) is 0. The number of carbonyl (C=O) groups is 1. The summed E-state index contributed by atoms with van der Waals surface area (Å²) in [5.74, 6) is -0.259. The van der Waals surface area contributed by atoms with Gasteiger partial charge in [-0.2, -0.15) is 4.79 Å². The first kappa shape index (κ1) is 12.0. The van der Waals surface area contributed by atoms with E-state index in [2.05, 4.69) is 4.79 Å². The summed E-state index contributed by atoms with van der Waals surface area (Å²) < 4.78 is 0. The van der Waals surface area contributed by atoms with Crippen molar-refractivity contribution in [3.8, 4) is 11.1 Å². The van der Waals surface area contributed by atoms with Gasteiger partial charge in [0.15, 0.2) is 0 Å². The van der Waals surface area contributed by atoms with Gasteiger partial charge in [-0.05, 0) is 23.3 Å². The van der Waals surface area contributed by atoms with Crippen LogP contribution in [0.4, 0.5) is 0 Å². The van der Waals surface area contributed by atoms with Crippen LogP contribution in [0.3, 0.4) is 0 Å². The number of rotatable bonds is 3. The molecule has 2 rings (SSSR count). The molecule has 0 saturated carbocycles. The van der Waals surface area contributed by atoms with Gasteiger partial charge < -0.3 is 5.53 Å². The van der Waals surface area contributed by atoms with Gasteiger partial charge in [0.2, 0.25) is 5.78 Å². The molecular formula is C15H12N2O. The highest BCUT2D eigenvalue weighted by Gasteiger charge is 2.17. The van der Waals surface area contributed by atoms with Gasteiger partial charge in [0, 0.05) is 6.92 Å². The van der Waals surface area contributed by atoms with Crippen LogP contribution in [-0.2, 0) is 4.79 Å². The van der Waals surface area contributed by atoms with E-state index in [1.54, 1.807) is 12.1 Å². The summed E-state index contributed by atoms with van der Waals surface area (Å²) >= 11 is 0. The van der Waals surface area contributed by atoms with Crippen molar-refractivity contribution in [3.63, 3.8) is 0 Å². The van der Waals surface area contributed by atoms with E-state index in [-0.39, 0.29) is 11.5 Å². The average molecular weight is 236 g/mol. The maximum atomic E-state index is 11.2. The first-order chi connectivity index (χ1) is 8.72. The molecule has 2 aromatic carbocycles. The fraction of sp³-hybridized carbons (Fsp3) is 0.0667. The Morgan fingerprint density at radius 1 is 0.944 bits per heavy atom. The van der Waals surface area contributed by atoms with Crippen LogP contribution in [0, 0.1) is 0 Å². The van der Waals surface area contributed by atoms with E-state index in [9.17, 15) is 4.79 Å². The van der Waals surface area contributed by atoms with E-state index in [1.165, 1.54) is 6.92 Å². The van der Waals surface area contributed by atoms with Crippen LogP contribution >= 0.6 is 0 Å². The Morgan fingerprint density at radius 3 is 2.00 bits per heavy atom. The van der Waals surface area contributed by atoms with E-state index in [0.29, 0.717) is 5.56 Å². The maximum absolute atomic E-state index is 11.2. The molecule has 0 atom stereocenters. The van der Waals surface area contributed by atoms with Crippen LogP contribution < -0.4 is 0 Å². The molecule has 0 unspecified atom stereocenters. The Kier molecular flexibility index (Phi) is 3.46. The van der Waals surface area contributed by atoms with E-state index in [1.807, 2.05) is 42.5 Å². The summed E-state index contributed by atoms with van der Waals surface area (Å²) in [7, 11) is 0. The third-order valence-corrected chi connectivity index (χ3v) is 2.70. The van der Waals surface area contributed by atoms with Crippen LogP contribution in [-0.4, -0.2) is 16.3 Å². The van der Waals surface area contributed by atoms with E-state index in [4.69, 9.17) is 5.53 Å². The fourth-order valence-electron chi connectivity index (χ4n) is 1.78. The highest BCUT2D eigenvalue weighted by Crippen LogP contribution is 2.19. The van der Waals surface area contributed by atoms with Crippen LogP contribution in [0.25, 0.3) is 16.7 Å². The van der Waals surface area contributed by atoms with Crippen LogP contribution in [0.1, 0.15) is 12.5 Å². The molecule has 2 aromatic rings. The largest absolute Gasteiger partial charge is 0.364 e. The van der Waals surface area contributed by atoms with Crippen molar-refractivity contribution in [1.82, 2.24) is 0 Å². The van der Waals surface area contributed by atoms with Crippen LogP contribution in [0.15, 0.2) is 54.6 Å². The molecule has 0 aliphatic rings. The molecule has 0 aromatic heterocycles. The summed E-state index contributed by atoms with van der Waals surface area (Å²) in [6.07, 6.45) is 0. The minimum Gasteiger partial charge on any atom is -0.361 e. The molecular weight excluding hydrogens is 224 g/mol. The second kappa shape index (κ2) is 5.21. The zero-order valence-corrected chi connectivity index (χ0v) is 10.00. The van der Waals surface area contributed by atoms with Crippen molar-refractivity contribution in [1.29, 1.82) is 0 Å². The molecule has 0 aliphatic carbocycles. The van der Waals surface area contributed by atoms with Gasteiger partial charge in [0.25, 0.3) is 0 Å². The summed E-state index contributed by atoms with van der Waals surface area (Å²) in [6.45, 7) is 1.38. The Labute approximate surface area is 105 Å². The molecule has 0 saturated heterocycles. The lowest BCUT2D eigenvalue weighted by Crippen LogP contribution is -2.12. The molecule has 3 heteroatoms. The SMILES string of the molecule is CC(=O)C(=[N+]=[N-])c1ccc(-c2ccccc2)cc1. The minimum absolute atomic E-state index is 0.0783. The van der Waals surface area contributed by atoms with Crippen molar-refractivity contribution in [2.75, 3.05) is 0 Å². The van der Waals surface area contributed by atoms with Crippen molar-refractivity contribution in [2.24, 2.45) is 0 Å². The average Bonchev–Trinajstić information content (AvgIpc) is 2.41. The number of nitrogens with zero attached hydrogens (tertiary/aromatic N) is 2. The highest BCUT2D eigenvalue weighted by molar-refractivity contribution is 6.43. The fourth-order valence-corrected chi connectivity index (χ4v) is 1.78. The number of hydrogen-bond acceptors (Lipinski definition) is 1. The number of Topliss-reactive ketones (excluding diaryl/α,β-unsaturated/α-hetero) is 1. The number of benzene rings is 2. The lowest BCUT2D eigenvalue weighted by Gasteiger charge is -2.01. The molecule has 0 bridgehead atoms. The topological polar surface area (TPSA) is 53.5 Å². The summed E-state index contributed by atoms with van der Waals surface area (Å²) in [6, 6.07) is 17.3. The number of carbonyl (C=O) groups excluding carboxylic acids is 1. The molecule has 0 fully saturated rings. The lowest BCUT2D eigenvalue weighted by atomic mass is 10.0. The van der Waals surface area contributed by atoms with Gasteiger partial charge in [0.1, 0.15) is 0 Å². The highest BCUT2D eigenvalue weighted by atomic mass is 16.1. The molecule has 0 amide bonds. The minimum atomic E-state index is -0.259. The van der Waals surface area contributed by atoms with Gasteiger partial charge in [0.05, 0.1) is 5.56 Å². The third kappa shape index (κ3) is 2.42. The van der Waals surface area contributed by atoms with E-state index < -0.39 is 0 Å². The predicted octanol–water partition coefficient (Wildman–Crippen LogP) is 2.96. The van der Waals surface area contributed by atoms with Gasteiger partial charge in [-0.3, -0.25) is 4.79 Å². The molecule has 0 N–H and O–H groups in total. The van der Waals surface area contributed by atoms with Crippen molar-refractivity contribution < 1.29 is 9.58 Å². The molecule has 0 heterocycles. The van der Waals surface area contributed by atoms with Gasteiger partial charge >= 0.3 is 5.71 Å². The Balaban J connectivity index is 2.37. The van der Waals surface area contributed by atoms with Gasteiger partial charge in [-0.1, -0.05) is 42.5 Å². The van der Waals surface area contributed by atoms with E-state index >= 15 is 0 Å². The van der Waals surface area contributed by atoms with Crippen molar-refractivity contribution >= 4 is 11.5 Å². The second-order valence-corrected chi connectivity index (χ2v) is 3.95. The molecule has 3 nitrogen and oxygen atoms in total. The van der Waals surface area contributed by atoms with Gasteiger partial charge in [-0.15, -0.1) is 0 Å².